The van der Waals surface area contributed by atoms with Gasteiger partial charge >= 0.3 is 0 Å². The summed E-state index contributed by atoms with van der Waals surface area (Å²) < 4.78 is 0.937. The van der Waals surface area contributed by atoms with Crippen LogP contribution in [-0.4, -0.2) is 23.1 Å². The SMILES string of the molecule is Cc1ccc(C(O)c2ccc(C(c3ccc(C#C[Si](C)(C)C)cc3)c3ccc(Br)[nH]3)[nH]2)cc1. The van der Waals surface area contributed by atoms with Crippen molar-refractivity contribution in [3.8, 4) is 11.5 Å². The molecule has 0 amide bonds. The maximum absolute atomic E-state index is 10.9. The molecule has 0 aliphatic heterocycles. The van der Waals surface area contributed by atoms with Crippen molar-refractivity contribution in [3.63, 3.8) is 0 Å². The molecular formula is C28H29BrN2OSi. The van der Waals surface area contributed by atoms with E-state index >= 15 is 0 Å². The summed E-state index contributed by atoms with van der Waals surface area (Å²) in [7, 11) is -1.42. The summed E-state index contributed by atoms with van der Waals surface area (Å²) in [6.45, 7) is 8.80. The molecule has 2 aromatic carbocycles. The quantitative estimate of drug-likeness (QED) is 0.196. The Kier molecular flexibility index (Phi) is 6.80. The standard InChI is InChI=1S/C28H29BrN2OSi/c1-19-5-9-22(10-6-19)28(32)25-14-13-23(30-25)27(24-15-16-26(29)31-24)21-11-7-20(8-12-21)17-18-33(2,3)4/h5-16,27-28,30-32H,1-4H3. The fraction of sp³-hybridized carbons (Fsp3) is 0.214. The van der Waals surface area contributed by atoms with Crippen LogP contribution in [0, 0.1) is 18.4 Å². The zero-order valence-corrected chi connectivity index (χ0v) is 22.0. The molecule has 0 aliphatic carbocycles. The summed E-state index contributed by atoms with van der Waals surface area (Å²) in [5.41, 5.74) is 10.5. The Morgan fingerprint density at radius 1 is 0.758 bits per heavy atom. The van der Waals surface area contributed by atoms with E-state index < -0.39 is 14.2 Å². The number of aromatic nitrogens is 2. The number of halogens is 1. The van der Waals surface area contributed by atoms with Gasteiger partial charge in [-0.1, -0.05) is 67.5 Å². The van der Waals surface area contributed by atoms with E-state index in [2.05, 4.69) is 93.4 Å². The van der Waals surface area contributed by atoms with E-state index in [9.17, 15) is 5.11 Å². The third-order valence-electron chi connectivity index (χ3n) is 5.54. The minimum atomic E-state index is -1.42. The van der Waals surface area contributed by atoms with Gasteiger partial charge in [-0.15, -0.1) is 5.54 Å². The molecule has 3 N–H and O–H groups in total. The average Bonchev–Trinajstić information content (AvgIpc) is 3.43. The van der Waals surface area contributed by atoms with E-state index in [1.807, 2.05) is 43.3 Å². The van der Waals surface area contributed by atoms with Crippen LogP contribution in [0.15, 0.2) is 77.4 Å². The molecule has 0 radical (unpaired) electrons. The van der Waals surface area contributed by atoms with Gasteiger partial charge in [-0.25, -0.2) is 0 Å². The first-order chi connectivity index (χ1) is 15.7. The maximum atomic E-state index is 10.9. The molecule has 0 aliphatic rings. The molecule has 0 spiro atoms. The van der Waals surface area contributed by atoms with E-state index in [1.54, 1.807) is 0 Å². The van der Waals surface area contributed by atoms with Crippen molar-refractivity contribution in [3.05, 3.63) is 117 Å². The van der Waals surface area contributed by atoms with Gasteiger partial charge in [0.1, 0.15) is 14.2 Å². The molecule has 2 heterocycles. The van der Waals surface area contributed by atoms with E-state index in [0.717, 1.165) is 38.4 Å². The van der Waals surface area contributed by atoms with E-state index in [4.69, 9.17) is 0 Å². The van der Waals surface area contributed by atoms with E-state index in [0.29, 0.717) is 0 Å². The topological polar surface area (TPSA) is 51.8 Å². The molecule has 2 aromatic heterocycles. The van der Waals surface area contributed by atoms with Gasteiger partial charge in [-0.3, -0.25) is 0 Å². The van der Waals surface area contributed by atoms with Crippen LogP contribution >= 0.6 is 15.9 Å². The lowest BCUT2D eigenvalue weighted by molar-refractivity contribution is 0.216. The zero-order valence-electron chi connectivity index (χ0n) is 19.4. The smallest absolute Gasteiger partial charge is 0.129 e. The Bertz CT molecular complexity index is 1280. The van der Waals surface area contributed by atoms with Crippen molar-refractivity contribution in [2.75, 3.05) is 0 Å². The molecule has 33 heavy (non-hydrogen) atoms. The number of aromatic amines is 2. The van der Waals surface area contributed by atoms with Crippen LogP contribution in [0.4, 0.5) is 0 Å². The molecule has 0 fully saturated rings. The molecule has 0 saturated heterocycles. The highest BCUT2D eigenvalue weighted by Crippen LogP contribution is 2.33. The van der Waals surface area contributed by atoms with Crippen molar-refractivity contribution in [2.45, 2.75) is 38.6 Å². The first-order valence-electron chi connectivity index (χ1n) is 11.1. The Morgan fingerprint density at radius 3 is 1.94 bits per heavy atom. The summed E-state index contributed by atoms with van der Waals surface area (Å²) in [5, 5.41) is 10.9. The summed E-state index contributed by atoms with van der Waals surface area (Å²) in [6, 6.07) is 24.6. The number of hydrogen-bond acceptors (Lipinski definition) is 1. The Balaban J connectivity index is 1.68. The number of aliphatic hydroxyl groups is 1. The lowest BCUT2D eigenvalue weighted by atomic mass is 9.92. The predicted octanol–water partition coefficient (Wildman–Crippen LogP) is 6.90. The van der Waals surface area contributed by atoms with Gasteiger partial charge in [-0.2, -0.15) is 0 Å². The Hall–Kier alpha value is -2.78. The first kappa shape index (κ1) is 23.4. The number of aryl methyl sites for hydroxylation is 1. The fourth-order valence-electron chi connectivity index (χ4n) is 3.78. The van der Waals surface area contributed by atoms with Crippen molar-refractivity contribution in [1.82, 2.24) is 9.97 Å². The predicted molar refractivity (Wildman–Crippen MR) is 142 cm³/mol. The highest BCUT2D eigenvalue weighted by molar-refractivity contribution is 9.10. The fourth-order valence-corrected chi connectivity index (χ4v) is 4.66. The number of benzene rings is 2. The van der Waals surface area contributed by atoms with Crippen LogP contribution in [-0.2, 0) is 0 Å². The van der Waals surface area contributed by atoms with Crippen LogP contribution in [0.5, 0.6) is 0 Å². The number of hydrogen-bond donors (Lipinski definition) is 3. The molecule has 0 saturated carbocycles. The minimum Gasteiger partial charge on any atom is -0.382 e. The third-order valence-corrected chi connectivity index (χ3v) is 6.88. The lowest BCUT2D eigenvalue weighted by Crippen LogP contribution is -2.16. The summed E-state index contributed by atoms with van der Waals surface area (Å²) in [5.74, 6) is 3.31. The minimum absolute atomic E-state index is 0.0192. The summed E-state index contributed by atoms with van der Waals surface area (Å²) in [6.07, 6.45) is -0.699. The normalized spacial score (nSPS) is 13.3. The van der Waals surface area contributed by atoms with E-state index in [1.165, 1.54) is 5.56 Å². The third kappa shape index (κ3) is 5.78. The van der Waals surface area contributed by atoms with Crippen LogP contribution in [0.1, 0.15) is 51.4 Å². The molecule has 2 unspecified atom stereocenters. The van der Waals surface area contributed by atoms with Crippen molar-refractivity contribution >= 4 is 24.0 Å². The van der Waals surface area contributed by atoms with Crippen LogP contribution in [0.25, 0.3) is 0 Å². The maximum Gasteiger partial charge on any atom is 0.129 e. The largest absolute Gasteiger partial charge is 0.382 e. The van der Waals surface area contributed by atoms with Crippen molar-refractivity contribution in [1.29, 1.82) is 0 Å². The summed E-state index contributed by atoms with van der Waals surface area (Å²) in [4.78, 5) is 6.91. The highest BCUT2D eigenvalue weighted by atomic mass is 79.9. The lowest BCUT2D eigenvalue weighted by Gasteiger charge is -2.16. The van der Waals surface area contributed by atoms with Gasteiger partial charge in [-0.05, 0) is 70.4 Å². The molecule has 4 rings (SSSR count). The van der Waals surface area contributed by atoms with Crippen LogP contribution < -0.4 is 0 Å². The second-order valence-electron chi connectivity index (χ2n) is 9.50. The molecule has 3 nitrogen and oxygen atoms in total. The van der Waals surface area contributed by atoms with Gasteiger partial charge in [0.15, 0.2) is 0 Å². The van der Waals surface area contributed by atoms with Crippen molar-refractivity contribution in [2.24, 2.45) is 0 Å². The number of aliphatic hydroxyl groups excluding tert-OH is 1. The van der Waals surface area contributed by atoms with Gasteiger partial charge in [0.25, 0.3) is 0 Å². The second kappa shape index (κ2) is 9.60. The second-order valence-corrected chi connectivity index (χ2v) is 15.1. The molecule has 168 valence electrons. The monoisotopic (exact) mass is 516 g/mol. The summed E-state index contributed by atoms with van der Waals surface area (Å²) >= 11 is 3.54. The number of nitrogens with one attached hydrogen (secondary N) is 2. The Labute approximate surface area is 205 Å². The number of rotatable bonds is 5. The molecule has 4 aromatic rings. The van der Waals surface area contributed by atoms with Gasteiger partial charge in [0, 0.05) is 22.6 Å². The van der Waals surface area contributed by atoms with Gasteiger partial charge < -0.3 is 15.1 Å². The molecule has 2 atom stereocenters. The van der Waals surface area contributed by atoms with E-state index in [-0.39, 0.29) is 5.92 Å². The average molecular weight is 518 g/mol. The Morgan fingerprint density at radius 2 is 1.33 bits per heavy atom. The van der Waals surface area contributed by atoms with Gasteiger partial charge in [0.05, 0.1) is 10.5 Å². The molecule has 0 bridgehead atoms. The number of H-pyrrole nitrogens is 2. The highest BCUT2D eigenvalue weighted by Gasteiger charge is 2.22. The van der Waals surface area contributed by atoms with Crippen LogP contribution in [0.2, 0.25) is 19.6 Å². The van der Waals surface area contributed by atoms with Crippen LogP contribution in [0.3, 0.4) is 0 Å². The van der Waals surface area contributed by atoms with Gasteiger partial charge in [0.2, 0.25) is 0 Å². The molecular weight excluding hydrogens is 488 g/mol. The van der Waals surface area contributed by atoms with Crippen molar-refractivity contribution < 1.29 is 5.11 Å². The molecule has 5 heteroatoms. The zero-order chi connectivity index (χ0) is 23.6. The first-order valence-corrected chi connectivity index (χ1v) is 15.4.